The molecule has 6 nitrogen and oxygen atoms in total. The molecule has 88 valence electrons. The summed E-state index contributed by atoms with van der Waals surface area (Å²) in [6.07, 6.45) is 3.87. The molecule has 0 bridgehead atoms. The van der Waals surface area contributed by atoms with Crippen LogP contribution in [0.1, 0.15) is 19.5 Å². The van der Waals surface area contributed by atoms with Gasteiger partial charge in [-0.25, -0.2) is 4.98 Å². The fourth-order valence-corrected chi connectivity index (χ4v) is 1.54. The summed E-state index contributed by atoms with van der Waals surface area (Å²) in [4.78, 5) is 18.4. The third kappa shape index (κ3) is 2.46. The Kier molecular flexibility index (Phi) is 3.04. The van der Waals surface area contributed by atoms with Crippen molar-refractivity contribution in [3.05, 3.63) is 18.2 Å². The quantitative estimate of drug-likeness (QED) is 0.747. The second-order valence-electron chi connectivity index (χ2n) is 3.92. The Balaban J connectivity index is 1.97. The standard InChI is InChI=1S/C10H15N3O3/c1-7(14)9(3-8-4-11-5-12-8)13-10(2)15-6-16-10/h4-5,9,13H,3,6H2,1-2H3,(H,11,12)/t9-/m0/s1. The highest BCUT2D eigenvalue weighted by Gasteiger charge is 2.37. The Labute approximate surface area is 93.3 Å². The van der Waals surface area contributed by atoms with Crippen molar-refractivity contribution in [3.8, 4) is 0 Å². The van der Waals surface area contributed by atoms with Crippen LogP contribution in [0.3, 0.4) is 0 Å². The molecule has 1 fully saturated rings. The fraction of sp³-hybridized carbons (Fsp3) is 0.600. The molecule has 0 aromatic carbocycles. The first-order valence-corrected chi connectivity index (χ1v) is 5.13. The summed E-state index contributed by atoms with van der Waals surface area (Å²) < 4.78 is 10.4. The summed E-state index contributed by atoms with van der Waals surface area (Å²) in [5.74, 6) is -0.810. The van der Waals surface area contributed by atoms with E-state index in [2.05, 4.69) is 15.3 Å². The van der Waals surface area contributed by atoms with Crippen LogP contribution in [0.5, 0.6) is 0 Å². The van der Waals surface area contributed by atoms with Gasteiger partial charge in [-0.3, -0.25) is 10.1 Å². The van der Waals surface area contributed by atoms with Crippen LogP contribution < -0.4 is 5.32 Å². The van der Waals surface area contributed by atoms with E-state index < -0.39 is 5.91 Å². The van der Waals surface area contributed by atoms with Crippen molar-refractivity contribution < 1.29 is 14.3 Å². The van der Waals surface area contributed by atoms with Crippen molar-refractivity contribution in [1.82, 2.24) is 15.3 Å². The molecule has 1 aromatic heterocycles. The Morgan fingerprint density at radius 2 is 2.50 bits per heavy atom. The van der Waals surface area contributed by atoms with Gasteiger partial charge in [0.25, 0.3) is 0 Å². The van der Waals surface area contributed by atoms with E-state index in [9.17, 15) is 4.79 Å². The average molecular weight is 225 g/mol. The van der Waals surface area contributed by atoms with Gasteiger partial charge in [-0.15, -0.1) is 0 Å². The lowest BCUT2D eigenvalue weighted by atomic mass is 10.1. The number of carbonyl (C=O) groups is 1. The number of hydrogen-bond donors (Lipinski definition) is 2. The molecular formula is C10H15N3O3. The molecule has 2 N–H and O–H groups in total. The summed E-state index contributed by atoms with van der Waals surface area (Å²) >= 11 is 0. The monoisotopic (exact) mass is 225 g/mol. The van der Waals surface area contributed by atoms with E-state index in [0.717, 1.165) is 5.69 Å². The van der Waals surface area contributed by atoms with Gasteiger partial charge in [0.15, 0.2) is 6.79 Å². The van der Waals surface area contributed by atoms with Gasteiger partial charge >= 0.3 is 0 Å². The van der Waals surface area contributed by atoms with Crippen LogP contribution >= 0.6 is 0 Å². The van der Waals surface area contributed by atoms with Crippen LogP contribution in [0.25, 0.3) is 0 Å². The SMILES string of the molecule is CC(=O)[C@H](Cc1c[nH]cn1)NC1(C)OCO1. The summed E-state index contributed by atoms with van der Waals surface area (Å²) in [5, 5.41) is 3.02. The zero-order chi connectivity index (χ0) is 11.6. The van der Waals surface area contributed by atoms with E-state index in [1.165, 1.54) is 6.92 Å². The maximum Gasteiger partial charge on any atom is 0.229 e. The number of ether oxygens (including phenoxy) is 2. The van der Waals surface area contributed by atoms with Crippen LogP contribution in [-0.2, 0) is 20.7 Å². The fourth-order valence-electron chi connectivity index (χ4n) is 1.54. The van der Waals surface area contributed by atoms with Crippen LogP contribution in [0.15, 0.2) is 12.5 Å². The molecule has 1 aromatic rings. The molecule has 0 unspecified atom stereocenters. The van der Waals surface area contributed by atoms with Gasteiger partial charge in [-0.05, 0) is 6.92 Å². The van der Waals surface area contributed by atoms with Crippen LogP contribution in [0.2, 0.25) is 0 Å². The molecule has 0 radical (unpaired) electrons. The maximum atomic E-state index is 11.5. The number of hydrogen-bond acceptors (Lipinski definition) is 5. The minimum Gasteiger partial charge on any atom is -0.351 e. The molecule has 6 heteroatoms. The molecular weight excluding hydrogens is 210 g/mol. The molecule has 2 rings (SSSR count). The Morgan fingerprint density at radius 1 is 1.75 bits per heavy atom. The highest BCUT2D eigenvalue weighted by Crippen LogP contribution is 2.19. The van der Waals surface area contributed by atoms with Gasteiger partial charge < -0.3 is 14.5 Å². The van der Waals surface area contributed by atoms with Crippen molar-refractivity contribution in [2.45, 2.75) is 32.2 Å². The number of nitrogens with one attached hydrogen (secondary N) is 2. The normalized spacial score (nSPS) is 20.1. The number of aromatic amines is 1. The van der Waals surface area contributed by atoms with Gasteiger partial charge in [0.2, 0.25) is 5.91 Å². The lowest BCUT2D eigenvalue weighted by molar-refractivity contribution is -0.404. The van der Waals surface area contributed by atoms with Crippen molar-refractivity contribution in [1.29, 1.82) is 0 Å². The first kappa shape index (κ1) is 11.3. The highest BCUT2D eigenvalue weighted by atomic mass is 16.9. The molecule has 16 heavy (non-hydrogen) atoms. The van der Waals surface area contributed by atoms with Gasteiger partial charge in [0, 0.05) is 19.5 Å². The van der Waals surface area contributed by atoms with E-state index >= 15 is 0 Å². The zero-order valence-corrected chi connectivity index (χ0v) is 9.32. The molecule has 0 amide bonds. The average Bonchev–Trinajstić information content (AvgIpc) is 2.66. The van der Waals surface area contributed by atoms with Crippen LogP contribution in [-0.4, -0.2) is 34.5 Å². The molecule has 2 heterocycles. The molecule has 1 atom stereocenters. The first-order chi connectivity index (χ1) is 7.59. The van der Waals surface area contributed by atoms with Crippen molar-refractivity contribution in [2.24, 2.45) is 0 Å². The lowest BCUT2D eigenvalue weighted by Crippen LogP contribution is -2.60. The second-order valence-corrected chi connectivity index (χ2v) is 3.92. The zero-order valence-electron chi connectivity index (χ0n) is 9.32. The Hall–Kier alpha value is -1.24. The third-order valence-corrected chi connectivity index (χ3v) is 2.56. The van der Waals surface area contributed by atoms with E-state index in [1.54, 1.807) is 19.4 Å². The van der Waals surface area contributed by atoms with Crippen LogP contribution in [0, 0.1) is 0 Å². The van der Waals surface area contributed by atoms with Crippen molar-refractivity contribution in [2.75, 3.05) is 6.79 Å². The van der Waals surface area contributed by atoms with Crippen LogP contribution in [0.4, 0.5) is 0 Å². The predicted molar refractivity (Wildman–Crippen MR) is 55.3 cm³/mol. The van der Waals surface area contributed by atoms with E-state index in [4.69, 9.17) is 9.47 Å². The van der Waals surface area contributed by atoms with Gasteiger partial charge in [0.1, 0.15) is 5.78 Å². The van der Waals surface area contributed by atoms with E-state index in [1.807, 2.05) is 0 Å². The molecule has 1 saturated heterocycles. The number of rotatable bonds is 5. The minimum absolute atomic E-state index is 0.0309. The lowest BCUT2D eigenvalue weighted by Gasteiger charge is -2.40. The number of aromatic nitrogens is 2. The molecule has 1 aliphatic rings. The number of ketones is 1. The highest BCUT2D eigenvalue weighted by molar-refractivity contribution is 5.81. The Bertz CT molecular complexity index is 359. The largest absolute Gasteiger partial charge is 0.351 e. The number of Topliss-reactive ketones (excluding diaryl/α,β-unsaturated/α-hetero) is 1. The second kappa shape index (κ2) is 4.32. The number of H-pyrrole nitrogens is 1. The van der Waals surface area contributed by atoms with Gasteiger partial charge in [0.05, 0.1) is 18.1 Å². The number of carbonyl (C=O) groups excluding carboxylic acids is 1. The summed E-state index contributed by atoms with van der Waals surface area (Å²) in [7, 11) is 0. The van der Waals surface area contributed by atoms with Gasteiger partial charge in [-0.2, -0.15) is 0 Å². The first-order valence-electron chi connectivity index (χ1n) is 5.13. The molecule has 1 aliphatic heterocycles. The molecule has 0 saturated carbocycles. The summed E-state index contributed by atoms with van der Waals surface area (Å²) in [5.41, 5.74) is 0.829. The minimum atomic E-state index is -0.841. The maximum absolute atomic E-state index is 11.5. The van der Waals surface area contributed by atoms with Crippen molar-refractivity contribution >= 4 is 5.78 Å². The topological polar surface area (TPSA) is 76.2 Å². The van der Waals surface area contributed by atoms with Crippen molar-refractivity contribution in [3.63, 3.8) is 0 Å². The summed E-state index contributed by atoms with van der Waals surface area (Å²) in [6, 6.07) is -0.353. The predicted octanol–water partition coefficient (Wildman–Crippen LogP) is 0.177. The summed E-state index contributed by atoms with van der Waals surface area (Å²) in [6.45, 7) is 3.54. The smallest absolute Gasteiger partial charge is 0.229 e. The number of imidazole rings is 1. The molecule has 0 spiro atoms. The van der Waals surface area contributed by atoms with E-state index in [-0.39, 0.29) is 18.6 Å². The molecule has 0 aliphatic carbocycles. The number of nitrogens with zero attached hydrogens (tertiary/aromatic N) is 1. The van der Waals surface area contributed by atoms with Gasteiger partial charge in [-0.1, -0.05) is 0 Å². The Morgan fingerprint density at radius 3 is 2.94 bits per heavy atom. The third-order valence-electron chi connectivity index (χ3n) is 2.56. The van der Waals surface area contributed by atoms with E-state index in [0.29, 0.717) is 6.42 Å².